The third-order valence-electron chi connectivity index (χ3n) is 3.90. The lowest BCUT2D eigenvalue weighted by atomic mass is 10.1. The highest BCUT2D eigenvalue weighted by atomic mass is 32.2. The first-order valence-electron chi connectivity index (χ1n) is 7.02. The van der Waals surface area contributed by atoms with Crippen LogP contribution < -0.4 is 10.0 Å². The maximum Gasteiger partial charge on any atom is 0.243 e. The summed E-state index contributed by atoms with van der Waals surface area (Å²) >= 11 is 0. The Kier molecular flexibility index (Phi) is 5.23. The molecule has 22 heavy (non-hydrogen) atoms. The first kappa shape index (κ1) is 17.4. The highest BCUT2D eigenvalue weighted by Gasteiger charge is 2.29. The van der Waals surface area contributed by atoms with E-state index < -0.39 is 20.0 Å². The van der Waals surface area contributed by atoms with Gasteiger partial charge in [0.25, 0.3) is 0 Å². The van der Waals surface area contributed by atoms with Gasteiger partial charge in [0.05, 0.1) is 9.79 Å². The molecule has 1 aliphatic rings. The average molecular weight is 347 g/mol. The largest absolute Gasteiger partial charge is 0.317 e. The van der Waals surface area contributed by atoms with Crippen molar-refractivity contribution in [1.82, 2.24) is 14.3 Å². The molecule has 1 saturated heterocycles. The van der Waals surface area contributed by atoms with E-state index in [-0.39, 0.29) is 9.79 Å². The quantitative estimate of drug-likeness (QED) is 0.780. The van der Waals surface area contributed by atoms with Gasteiger partial charge in [0.1, 0.15) is 0 Å². The average Bonchev–Trinajstić information content (AvgIpc) is 2.55. The molecule has 0 atom stereocenters. The van der Waals surface area contributed by atoms with Crippen LogP contribution >= 0.6 is 0 Å². The van der Waals surface area contributed by atoms with Crippen molar-refractivity contribution in [2.45, 2.75) is 28.7 Å². The molecule has 0 aliphatic carbocycles. The molecule has 124 valence electrons. The summed E-state index contributed by atoms with van der Waals surface area (Å²) in [5.74, 6) is 0. The van der Waals surface area contributed by atoms with Gasteiger partial charge in [0.2, 0.25) is 20.0 Å². The first-order valence-corrected chi connectivity index (χ1v) is 9.94. The van der Waals surface area contributed by atoms with E-state index in [0.717, 1.165) is 12.8 Å². The number of rotatable bonds is 5. The summed E-state index contributed by atoms with van der Waals surface area (Å²) in [4.78, 5) is 0.160. The Bertz CT molecular complexity index is 706. The van der Waals surface area contributed by atoms with Crippen molar-refractivity contribution in [2.24, 2.45) is 0 Å². The lowest BCUT2D eigenvalue weighted by molar-refractivity contribution is 0.298. The molecule has 0 saturated carbocycles. The fraction of sp³-hybridized carbons (Fsp3) is 0.538. The first-order chi connectivity index (χ1) is 10.3. The Hall–Kier alpha value is -1.00. The summed E-state index contributed by atoms with van der Waals surface area (Å²) in [5, 5.41) is 3.15. The van der Waals surface area contributed by atoms with E-state index in [2.05, 4.69) is 10.0 Å². The lowest BCUT2D eigenvalue weighted by Crippen LogP contribution is -2.43. The number of hydrogen-bond donors (Lipinski definition) is 2. The minimum absolute atomic E-state index is 0.0443. The Labute approximate surface area is 131 Å². The van der Waals surface area contributed by atoms with Crippen LogP contribution in [-0.4, -0.2) is 54.4 Å². The Balaban J connectivity index is 2.20. The SMILES string of the molecule is CNC1CCN(S(=O)(=O)c2ccc(S(=O)(=O)NC)cc2)CC1. The zero-order valence-corrected chi connectivity index (χ0v) is 14.2. The van der Waals surface area contributed by atoms with Gasteiger partial charge in [-0.15, -0.1) is 0 Å². The number of piperidine rings is 1. The number of nitrogens with one attached hydrogen (secondary N) is 2. The topological polar surface area (TPSA) is 95.6 Å². The highest BCUT2D eigenvalue weighted by molar-refractivity contribution is 7.89. The van der Waals surface area contributed by atoms with E-state index in [4.69, 9.17) is 0 Å². The minimum atomic E-state index is -3.57. The molecule has 0 radical (unpaired) electrons. The molecule has 0 aromatic heterocycles. The van der Waals surface area contributed by atoms with Crippen molar-refractivity contribution in [3.63, 3.8) is 0 Å². The summed E-state index contributed by atoms with van der Waals surface area (Å²) < 4.78 is 52.1. The number of sulfonamides is 2. The van der Waals surface area contributed by atoms with E-state index in [1.165, 1.54) is 35.6 Å². The molecule has 1 fully saturated rings. The Morgan fingerprint density at radius 2 is 1.45 bits per heavy atom. The fourth-order valence-corrected chi connectivity index (χ4v) is 4.64. The minimum Gasteiger partial charge on any atom is -0.317 e. The van der Waals surface area contributed by atoms with Gasteiger partial charge in [-0.05, 0) is 51.2 Å². The van der Waals surface area contributed by atoms with Crippen LogP contribution in [0.1, 0.15) is 12.8 Å². The maximum atomic E-state index is 12.6. The van der Waals surface area contributed by atoms with Gasteiger partial charge in [0.15, 0.2) is 0 Å². The Morgan fingerprint density at radius 3 is 1.91 bits per heavy atom. The molecule has 1 aliphatic heterocycles. The van der Waals surface area contributed by atoms with E-state index in [1.807, 2.05) is 7.05 Å². The van der Waals surface area contributed by atoms with Crippen molar-refractivity contribution in [3.8, 4) is 0 Å². The van der Waals surface area contributed by atoms with Gasteiger partial charge in [0, 0.05) is 19.1 Å². The van der Waals surface area contributed by atoms with Gasteiger partial charge in [-0.1, -0.05) is 0 Å². The molecule has 2 rings (SSSR count). The molecule has 2 N–H and O–H groups in total. The highest BCUT2D eigenvalue weighted by Crippen LogP contribution is 2.22. The summed E-state index contributed by atoms with van der Waals surface area (Å²) in [6.45, 7) is 0.925. The second kappa shape index (κ2) is 6.63. The molecule has 0 spiro atoms. The second-order valence-electron chi connectivity index (χ2n) is 5.15. The van der Waals surface area contributed by atoms with Crippen LogP contribution in [-0.2, 0) is 20.0 Å². The van der Waals surface area contributed by atoms with Crippen molar-refractivity contribution in [2.75, 3.05) is 27.2 Å². The van der Waals surface area contributed by atoms with Crippen LogP contribution in [0.15, 0.2) is 34.1 Å². The van der Waals surface area contributed by atoms with Crippen molar-refractivity contribution >= 4 is 20.0 Å². The standard InChI is InChI=1S/C13H21N3O4S2/c1-14-11-7-9-16(10-8-11)22(19,20)13-5-3-12(4-6-13)21(17,18)15-2/h3-6,11,14-15H,7-10H2,1-2H3. The smallest absolute Gasteiger partial charge is 0.243 e. The summed E-state index contributed by atoms with van der Waals surface area (Å²) in [7, 11) is -3.95. The summed E-state index contributed by atoms with van der Waals surface area (Å²) in [6.07, 6.45) is 1.53. The van der Waals surface area contributed by atoms with Gasteiger partial charge >= 0.3 is 0 Å². The van der Waals surface area contributed by atoms with Crippen LogP contribution in [0.4, 0.5) is 0 Å². The molecule has 0 amide bonds. The Morgan fingerprint density at radius 1 is 0.955 bits per heavy atom. The summed E-state index contributed by atoms with van der Waals surface area (Å²) in [6, 6.07) is 5.63. The van der Waals surface area contributed by atoms with Crippen molar-refractivity contribution < 1.29 is 16.8 Å². The molecule has 1 aromatic rings. The van der Waals surface area contributed by atoms with Gasteiger partial charge in [-0.25, -0.2) is 21.6 Å². The van der Waals surface area contributed by atoms with E-state index in [0.29, 0.717) is 19.1 Å². The molecule has 1 heterocycles. The molecule has 1 aromatic carbocycles. The van der Waals surface area contributed by atoms with E-state index >= 15 is 0 Å². The monoisotopic (exact) mass is 347 g/mol. The zero-order chi connectivity index (χ0) is 16.4. The van der Waals surface area contributed by atoms with E-state index in [9.17, 15) is 16.8 Å². The van der Waals surface area contributed by atoms with Gasteiger partial charge < -0.3 is 5.32 Å². The van der Waals surface area contributed by atoms with Crippen LogP contribution in [0.2, 0.25) is 0 Å². The number of benzene rings is 1. The fourth-order valence-electron chi connectivity index (χ4n) is 2.44. The van der Waals surface area contributed by atoms with Gasteiger partial charge in [-0.2, -0.15) is 4.31 Å². The van der Waals surface area contributed by atoms with Crippen LogP contribution in [0, 0.1) is 0 Å². The normalized spacial score (nSPS) is 18.5. The molecular weight excluding hydrogens is 326 g/mol. The predicted molar refractivity (Wildman–Crippen MR) is 83.5 cm³/mol. The molecular formula is C13H21N3O4S2. The van der Waals surface area contributed by atoms with E-state index in [1.54, 1.807) is 0 Å². The zero-order valence-electron chi connectivity index (χ0n) is 12.6. The molecule has 9 heteroatoms. The lowest BCUT2D eigenvalue weighted by Gasteiger charge is -2.31. The van der Waals surface area contributed by atoms with Crippen molar-refractivity contribution in [1.29, 1.82) is 0 Å². The van der Waals surface area contributed by atoms with Crippen LogP contribution in [0.5, 0.6) is 0 Å². The number of hydrogen-bond acceptors (Lipinski definition) is 5. The van der Waals surface area contributed by atoms with Gasteiger partial charge in [-0.3, -0.25) is 0 Å². The molecule has 0 bridgehead atoms. The van der Waals surface area contributed by atoms with Crippen LogP contribution in [0.3, 0.4) is 0 Å². The van der Waals surface area contributed by atoms with Crippen LogP contribution in [0.25, 0.3) is 0 Å². The van der Waals surface area contributed by atoms with Crippen molar-refractivity contribution in [3.05, 3.63) is 24.3 Å². The maximum absolute atomic E-state index is 12.6. The molecule has 0 unspecified atom stereocenters. The number of nitrogens with zero attached hydrogens (tertiary/aromatic N) is 1. The third-order valence-corrected chi connectivity index (χ3v) is 7.25. The second-order valence-corrected chi connectivity index (χ2v) is 8.97. The summed E-state index contributed by atoms with van der Waals surface area (Å²) in [5.41, 5.74) is 0. The predicted octanol–water partition coefficient (Wildman–Crippen LogP) is -0.0328. The molecule has 7 nitrogen and oxygen atoms in total. The third kappa shape index (κ3) is 3.49.